The Morgan fingerprint density at radius 2 is 1.42 bits per heavy atom. The Kier molecular flexibility index (Phi) is 11.4. The van der Waals surface area contributed by atoms with Gasteiger partial charge in [-0.3, -0.25) is 0 Å². The van der Waals surface area contributed by atoms with Crippen LogP contribution in [0.25, 0.3) is 0 Å². The Balaban J connectivity index is 3.04. The van der Waals surface area contributed by atoms with Crippen molar-refractivity contribution in [1.29, 1.82) is 0 Å². The molecule has 0 heterocycles. The van der Waals surface area contributed by atoms with Crippen LogP contribution in [-0.2, 0) is 9.05 Å². The number of hydrogen-bond acceptors (Lipinski definition) is 3. The molecule has 3 nitrogen and oxygen atoms in total. The van der Waals surface area contributed by atoms with Crippen LogP contribution in [0.1, 0.15) is 12.8 Å². The normalized spacial score (nSPS) is 11.0. The van der Waals surface area contributed by atoms with Gasteiger partial charge in [0.05, 0.1) is 21.8 Å². The Morgan fingerprint density at radius 3 is 1.75 bits per heavy atom. The van der Waals surface area contributed by atoms with Gasteiger partial charge in [-0.2, -0.15) is 0 Å². The SMILES string of the molecule is [O-]P(OCCCBr)OCCCBr. The number of rotatable bonds is 8. The smallest absolute Gasteiger partial charge is 0.0828 e. The summed E-state index contributed by atoms with van der Waals surface area (Å²) in [6.07, 6.45) is 1.70. The van der Waals surface area contributed by atoms with Crippen LogP contribution in [0, 0.1) is 0 Å². The fourth-order valence-electron chi connectivity index (χ4n) is 0.425. The molecule has 0 N–H and O–H groups in total. The van der Waals surface area contributed by atoms with Gasteiger partial charge in [-0.15, -0.1) is 0 Å². The van der Waals surface area contributed by atoms with Gasteiger partial charge in [0.2, 0.25) is 0 Å². The van der Waals surface area contributed by atoms with Crippen molar-refractivity contribution in [2.24, 2.45) is 0 Å². The minimum atomic E-state index is -1.90. The fraction of sp³-hybridized carbons (Fsp3) is 1.00. The molecular formula is C6H12Br2O3P-. The average molecular weight is 323 g/mol. The molecule has 6 heteroatoms. The fourth-order valence-corrected chi connectivity index (χ4v) is 1.51. The molecule has 0 aromatic rings. The molecule has 74 valence electrons. The average Bonchev–Trinajstić information content (AvgIpc) is 2.06. The minimum absolute atomic E-state index is 0.481. The lowest BCUT2D eigenvalue weighted by atomic mass is 10.5. The van der Waals surface area contributed by atoms with Gasteiger partial charge < -0.3 is 13.9 Å². The van der Waals surface area contributed by atoms with Gasteiger partial charge in [-0.25, -0.2) is 0 Å². The number of alkyl halides is 2. The van der Waals surface area contributed by atoms with Crippen molar-refractivity contribution in [3.05, 3.63) is 0 Å². The minimum Gasteiger partial charge on any atom is -0.786 e. The van der Waals surface area contributed by atoms with Gasteiger partial charge in [-0.1, -0.05) is 31.9 Å². The van der Waals surface area contributed by atoms with Crippen molar-refractivity contribution < 1.29 is 13.9 Å². The van der Waals surface area contributed by atoms with E-state index in [9.17, 15) is 4.89 Å². The lowest BCUT2D eigenvalue weighted by molar-refractivity contribution is -0.204. The molecule has 0 spiro atoms. The van der Waals surface area contributed by atoms with Crippen molar-refractivity contribution in [3.8, 4) is 0 Å². The first-order valence-corrected chi connectivity index (χ1v) is 7.00. The zero-order chi connectivity index (χ0) is 9.23. The van der Waals surface area contributed by atoms with Gasteiger partial charge in [-0.05, 0) is 12.8 Å². The van der Waals surface area contributed by atoms with Gasteiger partial charge in [0, 0.05) is 10.7 Å². The highest BCUT2D eigenvalue weighted by atomic mass is 79.9. The molecule has 0 amide bonds. The first-order chi connectivity index (χ1) is 5.81. The summed E-state index contributed by atoms with van der Waals surface area (Å²) in [4.78, 5) is 10.9. The van der Waals surface area contributed by atoms with Gasteiger partial charge >= 0.3 is 0 Å². The van der Waals surface area contributed by atoms with Crippen molar-refractivity contribution in [2.75, 3.05) is 23.9 Å². The van der Waals surface area contributed by atoms with E-state index in [4.69, 9.17) is 9.05 Å². The molecular weight excluding hydrogens is 311 g/mol. The van der Waals surface area contributed by atoms with E-state index in [-0.39, 0.29) is 0 Å². The lowest BCUT2D eigenvalue weighted by Crippen LogP contribution is -2.05. The summed E-state index contributed by atoms with van der Waals surface area (Å²) < 4.78 is 9.74. The second-order valence-electron chi connectivity index (χ2n) is 1.98. The summed E-state index contributed by atoms with van der Waals surface area (Å²) in [5, 5.41) is 1.72. The Hall–Kier alpha value is 1.27. The van der Waals surface area contributed by atoms with E-state index in [2.05, 4.69) is 31.9 Å². The van der Waals surface area contributed by atoms with Crippen LogP contribution in [0.3, 0.4) is 0 Å². The summed E-state index contributed by atoms with van der Waals surface area (Å²) in [7, 11) is -1.90. The molecule has 0 fully saturated rings. The highest BCUT2D eigenvalue weighted by molar-refractivity contribution is 9.09. The van der Waals surface area contributed by atoms with Crippen molar-refractivity contribution in [2.45, 2.75) is 12.8 Å². The third-order valence-electron chi connectivity index (χ3n) is 0.949. The van der Waals surface area contributed by atoms with E-state index in [1.54, 1.807) is 0 Å². The standard InChI is InChI=1S/C6H12Br2O3P/c7-3-1-5-10-12(9)11-6-2-4-8/h1-6H2/q-1. The molecule has 0 aliphatic carbocycles. The Morgan fingerprint density at radius 1 is 1.00 bits per heavy atom. The van der Waals surface area contributed by atoms with Crippen molar-refractivity contribution in [1.82, 2.24) is 0 Å². The van der Waals surface area contributed by atoms with Crippen LogP contribution in [0.15, 0.2) is 0 Å². The van der Waals surface area contributed by atoms with E-state index in [1.807, 2.05) is 0 Å². The quantitative estimate of drug-likeness (QED) is 0.391. The van der Waals surface area contributed by atoms with Crippen molar-refractivity contribution in [3.63, 3.8) is 0 Å². The summed E-state index contributed by atoms with van der Waals surface area (Å²) in [6, 6.07) is 0. The van der Waals surface area contributed by atoms with E-state index in [0.717, 1.165) is 23.5 Å². The van der Waals surface area contributed by atoms with Gasteiger partial charge in [0.15, 0.2) is 0 Å². The molecule has 0 bridgehead atoms. The molecule has 0 aliphatic heterocycles. The molecule has 0 saturated heterocycles. The molecule has 0 unspecified atom stereocenters. The van der Waals surface area contributed by atoms with Crippen LogP contribution in [0.5, 0.6) is 0 Å². The maximum atomic E-state index is 10.9. The summed E-state index contributed by atoms with van der Waals surface area (Å²) in [5.41, 5.74) is 0. The van der Waals surface area contributed by atoms with Crippen molar-refractivity contribution >= 4 is 40.5 Å². The largest absolute Gasteiger partial charge is 0.786 e. The second-order valence-corrected chi connectivity index (χ2v) is 4.52. The third-order valence-corrected chi connectivity index (χ3v) is 2.86. The summed E-state index contributed by atoms with van der Waals surface area (Å²) in [5.74, 6) is 0. The zero-order valence-electron chi connectivity index (χ0n) is 6.67. The number of halogens is 2. The Labute approximate surface area is 91.1 Å². The van der Waals surface area contributed by atoms with Crippen LogP contribution in [-0.4, -0.2) is 23.9 Å². The highest BCUT2D eigenvalue weighted by Crippen LogP contribution is 2.27. The Bertz CT molecular complexity index is 86.9. The molecule has 0 saturated carbocycles. The number of hydrogen-bond donors (Lipinski definition) is 0. The molecule has 0 aromatic heterocycles. The topological polar surface area (TPSA) is 41.5 Å². The molecule has 12 heavy (non-hydrogen) atoms. The molecule has 0 radical (unpaired) electrons. The monoisotopic (exact) mass is 321 g/mol. The summed E-state index contributed by atoms with van der Waals surface area (Å²) >= 11 is 6.48. The van der Waals surface area contributed by atoms with Crippen LogP contribution in [0.4, 0.5) is 0 Å². The first kappa shape index (κ1) is 13.3. The highest BCUT2D eigenvalue weighted by Gasteiger charge is 1.94. The van der Waals surface area contributed by atoms with Crippen LogP contribution in [0.2, 0.25) is 0 Å². The molecule has 0 aliphatic rings. The maximum absolute atomic E-state index is 10.9. The van der Waals surface area contributed by atoms with E-state index >= 15 is 0 Å². The van der Waals surface area contributed by atoms with E-state index in [0.29, 0.717) is 13.2 Å². The van der Waals surface area contributed by atoms with E-state index in [1.165, 1.54) is 0 Å². The summed E-state index contributed by atoms with van der Waals surface area (Å²) in [6.45, 7) is 0.962. The van der Waals surface area contributed by atoms with Gasteiger partial charge in [0.1, 0.15) is 0 Å². The van der Waals surface area contributed by atoms with E-state index < -0.39 is 8.60 Å². The third kappa shape index (κ3) is 9.36. The van der Waals surface area contributed by atoms with Crippen LogP contribution < -0.4 is 4.89 Å². The molecule has 0 rings (SSSR count). The van der Waals surface area contributed by atoms with Crippen LogP contribution >= 0.6 is 40.5 Å². The zero-order valence-corrected chi connectivity index (χ0v) is 10.7. The lowest BCUT2D eigenvalue weighted by Gasteiger charge is -2.21. The predicted octanol–water partition coefficient (Wildman–Crippen LogP) is 2.18. The molecule has 0 aromatic carbocycles. The first-order valence-electron chi connectivity index (χ1n) is 3.66. The predicted molar refractivity (Wildman–Crippen MR) is 55.6 cm³/mol. The van der Waals surface area contributed by atoms with Gasteiger partial charge in [0.25, 0.3) is 0 Å². The maximum Gasteiger partial charge on any atom is 0.0828 e. The second kappa shape index (κ2) is 10.4. The molecule has 0 atom stereocenters.